The number of imidazole rings is 1. The zero-order valence-electron chi connectivity index (χ0n) is 10.4. The van der Waals surface area contributed by atoms with E-state index in [9.17, 15) is 4.79 Å². The van der Waals surface area contributed by atoms with Gasteiger partial charge >= 0.3 is 0 Å². The monoisotopic (exact) mass is 283 g/mol. The number of rotatable bonds is 2. The summed E-state index contributed by atoms with van der Waals surface area (Å²) in [5.41, 5.74) is 1.72. The maximum atomic E-state index is 12.0. The molecule has 1 amide bonds. The summed E-state index contributed by atoms with van der Waals surface area (Å²) >= 11 is 11.2. The van der Waals surface area contributed by atoms with E-state index in [0.29, 0.717) is 9.79 Å². The Hall–Kier alpha value is -1.33. The van der Waals surface area contributed by atoms with E-state index in [1.165, 1.54) is 0 Å². The molecule has 0 aliphatic rings. The Labute approximate surface area is 115 Å². The number of fused-ring (bicyclic) bond motifs is 1. The molecule has 1 N–H and O–H groups in total. The van der Waals surface area contributed by atoms with Crippen molar-refractivity contribution < 1.29 is 4.79 Å². The van der Waals surface area contributed by atoms with Crippen molar-refractivity contribution in [3.63, 3.8) is 0 Å². The van der Waals surface area contributed by atoms with E-state index in [4.69, 9.17) is 23.8 Å². The molecule has 0 aliphatic carbocycles. The first-order valence-electron chi connectivity index (χ1n) is 5.52. The van der Waals surface area contributed by atoms with Crippen molar-refractivity contribution in [3.8, 4) is 0 Å². The number of hydrogen-bond donors (Lipinski definition) is 1. The Balaban J connectivity index is 2.61. The number of halogens is 1. The summed E-state index contributed by atoms with van der Waals surface area (Å²) in [4.78, 5) is 16.6. The number of nitrogens with zero attached hydrogens (tertiary/aromatic N) is 2. The van der Waals surface area contributed by atoms with E-state index in [1.807, 2.05) is 17.6 Å². The zero-order valence-corrected chi connectivity index (χ0v) is 12.0. The van der Waals surface area contributed by atoms with Gasteiger partial charge in [-0.25, -0.2) is 0 Å². The van der Waals surface area contributed by atoms with Gasteiger partial charge in [-0.1, -0.05) is 11.6 Å². The van der Waals surface area contributed by atoms with E-state index in [2.05, 4.69) is 4.98 Å². The molecule has 0 aliphatic heterocycles. The number of carbonyl (C=O) groups excluding carboxylic acids is 1. The molecule has 0 spiro atoms. The van der Waals surface area contributed by atoms with Crippen LogP contribution in [0, 0.1) is 4.77 Å². The maximum absolute atomic E-state index is 12.0. The molecule has 0 fully saturated rings. The van der Waals surface area contributed by atoms with Crippen LogP contribution in [0.1, 0.15) is 13.0 Å². The van der Waals surface area contributed by atoms with Crippen LogP contribution in [0.15, 0.2) is 18.2 Å². The van der Waals surface area contributed by atoms with Crippen molar-refractivity contribution >= 4 is 40.8 Å². The predicted octanol–water partition coefficient (Wildman–Crippen LogP) is 3.00. The predicted molar refractivity (Wildman–Crippen MR) is 75.5 cm³/mol. The Bertz CT molecular complexity index is 659. The lowest BCUT2D eigenvalue weighted by molar-refractivity contribution is -0.131. The van der Waals surface area contributed by atoms with E-state index < -0.39 is 0 Å². The number of hydrogen-bond acceptors (Lipinski definition) is 2. The second-order valence-electron chi connectivity index (χ2n) is 4.37. The standard InChI is InChI=1S/C12H14ClN3OS/c1-7(11(17)15(2)3)16-10-5-4-8(13)6-9(10)14-12(16)18/h4-7H,1-3H3,(H,14,18). The topological polar surface area (TPSA) is 41.0 Å². The number of carbonyl (C=O) groups is 1. The zero-order chi connectivity index (χ0) is 13.4. The largest absolute Gasteiger partial charge is 0.347 e. The minimum atomic E-state index is -0.345. The summed E-state index contributed by atoms with van der Waals surface area (Å²) in [6.45, 7) is 1.83. The van der Waals surface area contributed by atoms with Gasteiger partial charge in [0.05, 0.1) is 11.0 Å². The normalized spacial score (nSPS) is 12.7. The van der Waals surface area contributed by atoms with Crippen molar-refractivity contribution in [3.05, 3.63) is 28.0 Å². The smallest absolute Gasteiger partial charge is 0.244 e. The van der Waals surface area contributed by atoms with Crippen molar-refractivity contribution in [1.29, 1.82) is 0 Å². The summed E-state index contributed by atoms with van der Waals surface area (Å²) < 4.78 is 2.33. The molecule has 0 saturated carbocycles. The molecule has 1 atom stereocenters. The van der Waals surface area contributed by atoms with Gasteiger partial charge in [0.15, 0.2) is 4.77 Å². The molecule has 2 aromatic rings. The highest BCUT2D eigenvalue weighted by molar-refractivity contribution is 7.71. The highest BCUT2D eigenvalue weighted by Gasteiger charge is 2.19. The fraction of sp³-hybridized carbons (Fsp3) is 0.333. The van der Waals surface area contributed by atoms with E-state index in [-0.39, 0.29) is 11.9 Å². The van der Waals surface area contributed by atoms with E-state index >= 15 is 0 Å². The number of benzene rings is 1. The first kappa shape index (κ1) is 13.1. The molecular formula is C12H14ClN3OS. The van der Waals surface area contributed by atoms with Crippen molar-refractivity contribution in [2.24, 2.45) is 0 Å². The Morgan fingerprint density at radius 2 is 2.17 bits per heavy atom. The van der Waals surface area contributed by atoms with Crippen LogP contribution in [0.3, 0.4) is 0 Å². The minimum Gasteiger partial charge on any atom is -0.347 e. The number of H-pyrrole nitrogens is 1. The molecule has 1 aromatic heterocycles. The van der Waals surface area contributed by atoms with E-state index in [1.54, 1.807) is 31.1 Å². The van der Waals surface area contributed by atoms with Gasteiger partial charge in [-0.05, 0) is 37.3 Å². The van der Waals surface area contributed by atoms with Crippen LogP contribution in [0.5, 0.6) is 0 Å². The Morgan fingerprint density at radius 1 is 1.50 bits per heavy atom. The van der Waals surface area contributed by atoms with Gasteiger partial charge in [0.1, 0.15) is 6.04 Å². The number of amides is 1. The molecule has 1 unspecified atom stereocenters. The molecule has 1 aromatic carbocycles. The summed E-state index contributed by atoms with van der Waals surface area (Å²) in [5, 5.41) is 0.637. The Kier molecular flexibility index (Phi) is 3.45. The molecule has 96 valence electrons. The first-order valence-corrected chi connectivity index (χ1v) is 6.31. The first-order chi connectivity index (χ1) is 8.41. The summed E-state index contributed by atoms with van der Waals surface area (Å²) in [6.07, 6.45) is 0. The average Bonchev–Trinajstić information content (AvgIpc) is 2.62. The van der Waals surface area contributed by atoms with Crippen LogP contribution >= 0.6 is 23.8 Å². The summed E-state index contributed by atoms with van der Waals surface area (Å²) in [5.74, 6) is 0.00181. The van der Waals surface area contributed by atoms with Crippen molar-refractivity contribution in [2.75, 3.05) is 14.1 Å². The average molecular weight is 284 g/mol. The van der Waals surface area contributed by atoms with Gasteiger partial charge in [-0.3, -0.25) is 4.79 Å². The van der Waals surface area contributed by atoms with Crippen LogP contribution in [-0.2, 0) is 4.79 Å². The molecule has 2 rings (SSSR count). The number of aromatic amines is 1. The number of nitrogens with one attached hydrogen (secondary N) is 1. The fourth-order valence-electron chi connectivity index (χ4n) is 1.97. The highest BCUT2D eigenvalue weighted by atomic mass is 35.5. The third-order valence-electron chi connectivity index (χ3n) is 2.86. The lowest BCUT2D eigenvalue weighted by Gasteiger charge is -2.18. The van der Waals surface area contributed by atoms with Gasteiger partial charge in [0, 0.05) is 19.1 Å². The molecule has 18 heavy (non-hydrogen) atoms. The van der Waals surface area contributed by atoms with Gasteiger partial charge in [-0.2, -0.15) is 0 Å². The fourth-order valence-corrected chi connectivity index (χ4v) is 2.51. The maximum Gasteiger partial charge on any atom is 0.244 e. The Morgan fingerprint density at radius 3 is 2.78 bits per heavy atom. The third kappa shape index (κ3) is 2.15. The summed E-state index contributed by atoms with van der Waals surface area (Å²) in [7, 11) is 3.46. The van der Waals surface area contributed by atoms with Crippen LogP contribution in [-0.4, -0.2) is 34.5 Å². The van der Waals surface area contributed by atoms with Crippen LogP contribution in [0.25, 0.3) is 11.0 Å². The summed E-state index contributed by atoms with van der Waals surface area (Å²) in [6, 6.07) is 5.11. The van der Waals surface area contributed by atoms with Crippen LogP contribution in [0.4, 0.5) is 0 Å². The van der Waals surface area contributed by atoms with Crippen LogP contribution < -0.4 is 0 Å². The van der Waals surface area contributed by atoms with Gasteiger partial charge in [-0.15, -0.1) is 0 Å². The molecule has 0 bridgehead atoms. The second-order valence-corrected chi connectivity index (χ2v) is 5.19. The van der Waals surface area contributed by atoms with Crippen molar-refractivity contribution in [2.45, 2.75) is 13.0 Å². The SMILES string of the molecule is CC(C(=O)N(C)C)n1c(=S)[nH]c2cc(Cl)ccc21. The van der Waals surface area contributed by atoms with Gasteiger partial charge in [0.25, 0.3) is 0 Å². The van der Waals surface area contributed by atoms with E-state index in [0.717, 1.165) is 11.0 Å². The molecule has 0 radical (unpaired) electrons. The lowest BCUT2D eigenvalue weighted by atomic mass is 10.2. The van der Waals surface area contributed by atoms with Gasteiger partial charge < -0.3 is 14.5 Å². The molecule has 4 nitrogen and oxygen atoms in total. The lowest BCUT2D eigenvalue weighted by Crippen LogP contribution is -2.29. The minimum absolute atomic E-state index is 0.00181. The highest BCUT2D eigenvalue weighted by Crippen LogP contribution is 2.23. The molecular weight excluding hydrogens is 270 g/mol. The van der Waals surface area contributed by atoms with Crippen LogP contribution in [0.2, 0.25) is 5.02 Å². The van der Waals surface area contributed by atoms with Gasteiger partial charge in [0.2, 0.25) is 5.91 Å². The third-order valence-corrected chi connectivity index (χ3v) is 3.40. The second kappa shape index (κ2) is 4.74. The number of aromatic nitrogens is 2. The molecule has 0 saturated heterocycles. The molecule has 1 heterocycles. The molecule has 6 heteroatoms. The quantitative estimate of drug-likeness (QED) is 0.861. The van der Waals surface area contributed by atoms with Crippen molar-refractivity contribution in [1.82, 2.24) is 14.5 Å². The number of likely N-dealkylation sites (N-methyl/N-ethyl adjacent to an activating group) is 1.